The molecule has 1 atom stereocenters. The maximum atomic E-state index is 8.83. The number of hydrogen-bond donors (Lipinski definition) is 0. The van der Waals surface area contributed by atoms with Crippen LogP contribution in [-0.2, 0) is 28.2 Å². The topological polar surface area (TPSA) is 80.0 Å². The molecular formula is C104H101N9+4. The van der Waals surface area contributed by atoms with Gasteiger partial charge in [-0.05, 0) is 270 Å². The molecule has 113 heavy (non-hydrogen) atoms. The van der Waals surface area contributed by atoms with Crippen LogP contribution in [-0.4, -0.2) is 24.9 Å². The highest BCUT2D eigenvalue weighted by Crippen LogP contribution is 2.40. The van der Waals surface area contributed by atoms with Crippen LogP contribution in [0.5, 0.6) is 0 Å². The zero-order chi connectivity index (χ0) is 89.7. The summed E-state index contributed by atoms with van der Waals surface area (Å²) in [5.74, 6) is -2.52. The quantitative estimate of drug-likeness (QED) is 0.121. The minimum atomic E-state index is -2.50. The van der Waals surface area contributed by atoms with E-state index in [0.29, 0.717) is 17.0 Å². The lowest BCUT2D eigenvalue weighted by Crippen LogP contribution is -2.35. The van der Waals surface area contributed by atoms with E-state index in [1.54, 1.807) is 65.5 Å². The number of hydrogen-bond acceptors (Lipinski definition) is 5. The molecule has 9 aromatic heterocycles. The largest absolute Gasteiger partial charge is 0.264 e. The molecule has 0 aliphatic rings. The van der Waals surface area contributed by atoms with Gasteiger partial charge in [-0.25, -0.2) is 13.7 Å². The predicted molar refractivity (Wildman–Crippen MR) is 469 cm³/mol. The molecule has 0 radical (unpaired) electrons. The van der Waals surface area contributed by atoms with Crippen molar-refractivity contribution < 1.29 is 34.7 Å². The van der Waals surface area contributed by atoms with Gasteiger partial charge in [0.15, 0.2) is 24.2 Å². The number of nitrogens with zero attached hydrogens (tertiary/aromatic N) is 9. The fourth-order valence-electron chi connectivity index (χ4n) is 14.9. The number of rotatable bonds is 11. The molecule has 0 aliphatic carbocycles. The number of aromatic nitrogens is 9. The number of benzene rings is 8. The normalized spacial score (nSPS) is 13.5. The third-order valence-corrected chi connectivity index (χ3v) is 21.7. The van der Waals surface area contributed by atoms with Gasteiger partial charge in [-0.3, -0.25) is 24.9 Å². The lowest BCUT2D eigenvalue weighted by atomic mass is 9.90. The summed E-state index contributed by atoms with van der Waals surface area (Å²) in [4.78, 5) is 21.1. The Kier molecular flexibility index (Phi) is 18.6. The maximum absolute atomic E-state index is 8.83. The minimum Gasteiger partial charge on any atom is -0.264 e. The Bertz CT molecular complexity index is 7070. The van der Waals surface area contributed by atoms with E-state index < -0.39 is 18.6 Å². The van der Waals surface area contributed by atoms with E-state index in [2.05, 4.69) is 156 Å². The van der Waals surface area contributed by atoms with E-state index in [1.807, 2.05) is 176 Å². The summed E-state index contributed by atoms with van der Waals surface area (Å²) in [7, 11) is 7.52. The summed E-state index contributed by atoms with van der Waals surface area (Å²) in [6, 6.07) is 63.8. The Morgan fingerprint density at radius 1 is 0.319 bits per heavy atom. The second kappa shape index (κ2) is 33.4. The summed E-state index contributed by atoms with van der Waals surface area (Å²) in [5.41, 5.74) is 29.0. The molecule has 558 valence electrons. The lowest BCUT2D eigenvalue weighted by Gasteiger charge is -2.15. The zero-order valence-corrected chi connectivity index (χ0v) is 67.2. The van der Waals surface area contributed by atoms with Crippen LogP contribution in [0.25, 0.3) is 144 Å². The van der Waals surface area contributed by atoms with Gasteiger partial charge in [0.05, 0.1) is 49.3 Å². The Morgan fingerprint density at radius 3 is 1.00 bits per heavy atom. The first kappa shape index (κ1) is 62.9. The first-order chi connectivity index (χ1) is 59.4. The van der Waals surface area contributed by atoms with E-state index in [0.717, 1.165) is 172 Å². The Balaban J connectivity index is 0.000000136. The summed E-state index contributed by atoms with van der Waals surface area (Å²) in [5, 5.41) is 6.89. The fourth-order valence-corrected chi connectivity index (χ4v) is 14.9. The Hall–Kier alpha value is -12.9. The number of pyridine rings is 9. The van der Waals surface area contributed by atoms with Crippen LogP contribution in [0.15, 0.2) is 293 Å². The summed E-state index contributed by atoms with van der Waals surface area (Å²) >= 11 is 0. The van der Waals surface area contributed by atoms with Crippen molar-refractivity contribution in [2.75, 3.05) is 0 Å². The first-order valence-corrected chi connectivity index (χ1v) is 38.0. The van der Waals surface area contributed by atoms with Crippen molar-refractivity contribution in [1.82, 2.24) is 24.9 Å². The van der Waals surface area contributed by atoms with Crippen LogP contribution in [0, 0.1) is 62.3 Å². The first-order valence-electron chi connectivity index (χ1n) is 44.0. The molecule has 9 heteroatoms. The van der Waals surface area contributed by atoms with Crippen LogP contribution in [0.2, 0.25) is 0 Å². The molecule has 0 N–H and O–H groups in total. The molecule has 1 unspecified atom stereocenters. The SMILES string of the molecule is [2H]c1c(C)[n+](C)c(-c2cc(-c3cccnc3)ccc2C)c2ccc(-c3cccnc3)cc12.[2H]c1c([2H])[n+](C)c(-c2cc(C([2H])(C)C([2H])([2H])[2H])cc(C)c2C)c2ccc(-c3cccnc3)cc12.[2H]c1c([2H])[n+](C)c(-c2cc(C([2H])(C)C)cc(C)c2C)c2ccc(-c3cccnc3)cc12.[2H]c1c([2H])[n+](C)c(-c2cc(C)cc(C)c2C)c2ccc(-c3cccnc3)cc12. The van der Waals surface area contributed by atoms with Crippen molar-refractivity contribution in [2.24, 2.45) is 28.2 Å². The third-order valence-electron chi connectivity index (χ3n) is 21.7. The second-order valence-electron chi connectivity index (χ2n) is 29.6. The standard InChI is InChI=1S/C28H24N3.2C26H27N2.C24H23N2/c1-19-8-9-22(24-7-5-13-30-18-24)16-27(19)28-26-11-10-21(23-6-4-12-29-17-23)15-25(26)14-20(2)31(28)3;2*1-17(2)23-13-18(3)19(4)25(15-23)26-24-9-8-20(22-7-6-11-27-16-22)14-21(24)10-12-28(26)5;1-16-12-17(2)18(3)23(13-16)24-22-8-7-19(21-6-5-10-25-15-21)14-20(22)9-11-26(24)4/h4-18H,1-3H3;2*6-17H,1-5H3;5-15H,1-4H3/q4*+1/i14D;1D3,10D,12D,17D;10D,12D,17D;9D,11D. The van der Waals surface area contributed by atoms with Crippen LogP contribution in [0.1, 0.15) is 117 Å². The summed E-state index contributed by atoms with van der Waals surface area (Å²) in [6.07, 6.45) is 18.4. The zero-order valence-electron chi connectivity index (χ0n) is 79.2. The average Bonchev–Trinajstić information content (AvgIpc) is 0.754. The summed E-state index contributed by atoms with van der Waals surface area (Å²) in [6.45, 7) is 21.2. The third kappa shape index (κ3) is 16.4. The molecule has 0 saturated carbocycles. The highest BCUT2D eigenvalue weighted by atomic mass is 15.0. The van der Waals surface area contributed by atoms with E-state index in [1.165, 1.54) is 29.2 Å². The highest BCUT2D eigenvalue weighted by Gasteiger charge is 2.26. The molecule has 0 amide bonds. The van der Waals surface area contributed by atoms with Crippen LogP contribution in [0.3, 0.4) is 0 Å². The van der Waals surface area contributed by atoms with Gasteiger partial charge >= 0.3 is 0 Å². The van der Waals surface area contributed by atoms with Crippen LogP contribution in [0.4, 0.5) is 0 Å². The van der Waals surface area contributed by atoms with Gasteiger partial charge < -0.3 is 0 Å². The van der Waals surface area contributed by atoms with Crippen LogP contribution < -0.4 is 18.3 Å². The molecule has 17 aromatic rings. The van der Waals surface area contributed by atoms with Gasteiger partial charge in [-0.2, -0.15) is 4.57 Å². The minimum absolute atomic E-state index is 0.0535. The van der Waals surface area contributed by atoms with Crippen molar-refractivity contribution in [3.05, 3.63) is 354 Å². The van der Waals surface area contributed by atoms with Crippen molar-refractivity contribution in [3.63, 3.8) is 0 Å². The monoisotopic (exact) mass is 1490 g/mol. The van der Waals surface area contributed by atoms with Crippen molar-refractivity contribution in [1.29, 1.82) is 0 Å². The van der Waals surface area contributed by atoms with Crippen molar-refractivity contribution in [2.45, 2.75) is 102 Å². The van der Waals surface area contributed by atoms with Gasteiger partial charge in [0.1, 0.15) is 32.3 Å². The molecule has 0 aliphatic heterocycles. The molecular weight excluding hydrogens is 1380 g/mol. The van der Waals surface area contributed by atoms with E-state index in [-0.39, 0.29) is 36.6 Å². The molecule has 0 bridgehead atoms. The Labute approximate surface area is 683 Å². The van der Waals surface area contributed by atoms with E-state index in [9.17, 15) is 0 Å². The molecule has 9 heterocycles. The predicted octanol–water partition coefficient (Wildman–Crippen LogP) is 23.7. The molecule has 8 aromatic carbocycles. The van der Waals surface area contributed by atoms with Gasteiger partial charge in [0.25, 0.3) is 0 Å². The highest BCUT2D eigenvalue weighted by molar-refractivity contribution is 6.00. The van der Waals surface area contributed by atoms with Crippen LogP contribution >= 0.6 is 0 Å². The van der Waals surface area contributed by atoms with Gasteiger partial charge in [-0.1, -0.05) is 118 Å². The average molecular weight is 1490 g/mol. The lowest BCUT2D eigenvalue weighted by molar-refractivity contribution is -0.665. The fraction of sp³-hybridized carbons (Fsp3) is 0.183. The maximum Gasteiger partial charge on any atom is 0.220 e. The Morgan fingerprint density at radius 2 is 0.646 bits per heavy atom. The van der Waals surface area contributed by atoms with Gasteiger partial charge in [0, 0.05) is 128 Å². The van der Waals surface area contributed by atoms with Crippen molar-refractivity contribution >= 4 is 43.1 Å². The number of fused-ring (bicyclic) bond motifs is 4. The smallest absolute Gasteiger partial charge is 0.220 e. The molecule has 0 spiro atoms. The van der Waals surface area contributed by atoms with Gasteiger partial charge in [0.2, 0.25) is 22.8 Å². The molecule has 0 fully saturated rings. The van der Waals surface area contributed by atoms with Crippen molar-refractivity contribution in [3.8, 4) is 101 Å². The number of aryl methyl sites for hydroxylation is 5. The molecule has 0 saturated heterocycles. The van der Waals surface area contributed by atoms with Gasteiger partial charge in [-0.15, -0.1) is 0 Å². The summed E-state index contributed by atoms with van der Waals surface area (Å²) < 4.78 is 109. The molecule has 9 nitrogen and oxygen atoms in total. The second-order valence-corrected chi connectivity index (χ2v) is 29.6. The van der Waals surface area contributed by atoms with E-state index in [4.69, 9.17) is 16.4 Å². The van der Waals surface area contributed by atoms with E-state index >= 15 is 0 Å². The molecule has 17 rings (SSSR count).